The Balaban J connectivity index is 2.42. The second-order valence-corrected chi connectivity index (χ2v) is 5.64. The van der Waals surface area contributed by atoms with Crippen LogP contribution in [0.5, 0.6) is 0 Å². The van der Waals surface area contributed by atoms with Gasteiger partial charge in [-0.2, -0.15) is 0 Å². The van der Waals surface area contributed by atoms with Gasteiger partial charge in [0.25, 0.3) is 0 Å². The number of aromatic nitrogens is 1. The van der Waals surface area contributed by atoms with E-state index in [0.29, 0.717) is 24.0 Å². The van der Waals surface area contributed by atoms with Crippen LogP contribution in [-0.2, 0) is 4.79 Å². The minimum atomic E-state index is 0.00968. The first-order valence-corrected chi connectivity index (χ1v) is 6.81. The number of nitrogens with two attached hydrogens (primary N) is 1. The molecule has 1 heterocycles. The Morgan fingerprint density at radius 2 is 2.29 bits per heavy atom. The van der Waals surface area contributed by atoms with Gasteiger partial charge in [0, 0.05) is 11.8 Å². The van der Waals surface area contributed by atoms with Gasteiger partial charge in [-0.3, -0.25) is 4.79 Å². The van der Waals surface area contributed by atoms with Crippen LogP contribution < -0.4 is 11.1 Å². The fourth-order valence-corrected chi connectivity index (χ4v) is 2.48. The van der Waals surface area contributed by atoms with E-state index in [1.807, 2.05) is 12.3 Å². The van der Waals surface area contributed by atoms with Crippen molar-refractivity contribution in [3.8, 4) is 0 Å². The fourth-order valence-electron chi connectivity index (χ4n) is 1.77. The van der Waals surface area contributed by atoms with Crippen LogP contribution in [0.25, 0.3) is 0 Å². The highest BCUT2D eigenvalue weighted by Crippen LogP contribution is 2.18. The molecule has 0 aromatic carbocycles. The molecule has 1 amide bonds. The maximum Gasteiger partial charge on any atom is 0.226 e. The van der Waals surface area contributed by atoms with E-state index in [1.165, 1.54) is 11.3 Å². The Morgan fingerprint density at radius 1 is 1.59 bits per heavy atom. The van der Waals surface area contributed by atoms with Crippen LogP contribution in [0.4, 0.5) is 5.13 Å². The molecule has 0 radical (unpaired) electrons. The molecule has 1 atom stereocenters. The molecule has 1 rings (SSSR count). The second kappa shape index (κ2) is 6.71. The monoisotopic (exact) mass is 255 g/mol. The summed E-state index contributed by atoms with van der Waals surface area (Å²) in [5.41, 5.74) is 6.61. The highest BCUT2D eigenvalue weighted by atomic mass is 32.1. The molecule has 5 heteroatoms. The van der Waals surface area contributed by atoms with Gasteiger partial charge >= 0.3 is 0 Å². The number of nitrogens with one attached hydrogen (secondary N) is 1. The lowest BCUT2D eigenvalue weighted by molar-refractivity contribution is -0.117. The molecular weight excluding hydrogens is 234 g/mol. The Hall–Kier alpha value is -0.940. The van der Waals surface area contributed by atoms with E-state index in [0.717, 1.165) is 12.1 Å². The predicted octanol–water partition coefficient (Wildman–Crippen LogP) is 2.40. The number of hydrogen-bond donors (Lipinski definition) is 2. The number of amides is 1. The van der Waals surface area contributed by atoms with Crippen molar-refractivity contribution < 1.29 is 4.79 Å². The summed E-state index contributed by atoms with van der Waals surface area (Å²) in [6.07, 6.45) is 1.47. The molecule has 0 saturated heterocycles. The van der Waals surface area contributed by atoms with Gasteiger partial charge in [0.1, 0.15) is 0 Å². The van der Waals surface area contributed by atoms with Gasteiger partial charge in [-0.05, 0) is 31.7 Å². The van der Waals surface area contributed by atoms with Crippen molar-refractivity contribution in [2.45, 2.75) is 33.6 Å². The fraction of sp³-hybridized carbons (Fsp3) is 0.667. The van der Waals surface area contributed by atoms with Crippen LogP contribution in [0.1, 0.15) is 32.4 Å². The van der Waals surface area contributed by atoms with Crippen molar-refractivity contribution in [3.63, 3.8) is 0 Å². The molecule has 17 heavy (non-hydrogen) atoms. The maximum absolute atomic E-state index is 11.8. The van der Waals surface area contributed by atoms with Crippen molar-refractivity contribution >= 4 is 22.4 Å². The van der Waals surface area contributed by atoms with E-state index in [1.54, 1.807) is 0 Å². The molecule has 0 aliphatic carbocycles. The summed E-state index contributed by atoms with van der Waals surface area (Å²) in [5.74, 6) is 0.838. The third kappa shape index (κ3) is 5.28. The third-order valence-electron chi connectivity index (χ3n) is 2.48. The van der Waals surface area contributed by atoms with Gasteiger partial charge in [0.15, 0.2) is 5.13 Å². The van der Waals surface area contributed by atoms with E-state index < -0.39 is 0 Å². The second-order valence-electron chi connectivity index (χ2n) is 4.78. The molecule has 0 bridgehead atoms. The Labute approximate surface area is 107 Å². The average molecular weight is 255 g/mol. The molecule has 96 valence electrons. The molecule has 0 unspecified atom stereocenters. The zero-order chi connectivity index (χ0) is 12.8. The van der Waals surface area contributed by atoms with Crippen LogP contribution in [0, 0.1) is 18.8 Å². The van der Waals surface area contributed by atoms with Crippen molar-refractivity contribution in [3.05, 3.63) is 11.1 Å². The van der Waals surface area contributed by atoms with Crippen molar-refractivity contribution in [1.82, 2.24) is 4.98 Å². The van der Waals surface area contributed by atoms with Gasteiger partial charge < -0.3 is 11.1 Å². The smallest absolute Gasteiger partial charge is 0.226 e. The molecule has 1 aromatic heterocycles. The number of anilines is 1. The van der Waals surface area contributed by atoms with E-state index in [9.17, 15) is 4.79 Å². The van der Waals surface area contributed by atoms with Crippen LogP contribution in [0.2, 0.25) is 0 Å². The topological polar surface area (TPSA) is 68.0 Å². The first kappa shape index (κ1) is 14.1. The Bertz CT molecular complexity index is 362. The van der Waals surface area contributed by atoms with Crippen molar-refractivity contribution in [2.24, 2.45) is 17.6 Å². The molecular formula is C12H21N3OS. The zero-order valence-corrected chi connectivity index (χ0v) is 11.5. The van der Waals surface area contributed by atoms with Crippen molar-refractivity contribution in [2.75, 3.05) is 11.9 Å². The summed E-state index contributed by atoms with van der Waals surface area (Å²) < 4.78 is 0. The van der Waals surface area contributed by atoms with Gasteiger partial charge in [0.05, 0.1) is 5.69 Å². The highest BCUT2D eigenvalue weighted by Gasteiger charge is 2.14. The maximum atomic E-state index is 11.8. The van der Waals surface area contributed by atoms with Crippen LogP contribution in [-0.4, -0.2) is 17.4 Å². The lowest BCUT2D eigenvalue weighted by Crippen LogP contribution is -2.23. The molecule has 0 aliphatic heterocycles. The normalized spacial score (nSPS) is 12.8. The number of rotatable bonds is 6. The molecule has 0 saturated carbocycles. The lowest BCUT2D eigenvalue weighted by Gasteiger charge is -2.15. The molecule has 0 fully saturated rings. The number of carbonyl (C=O) groups excluding carboxylic acids is 1. The van der Waals surface area contributed by atoms with E-state index in [4.69, 9.17) is 5.73 Å². The van der Waals surface area contributed by atoms with Gasteiger partial charge in [-0.15, -0.1) is 11.3 Å². The number of nitrogens with zero attached hydrogens (tertiary/aromatic N) is 1. The molecule has 3 N–H and O–H groups in total. The minimum Gasteiger partial charge on any atom is -0.330 e. The Kier molecular flexibility index (Phi) is 5.58. The summed E-state index contributed by atoms with van der Waals surface area (Å²) in [5, 5.41) is 5.41. The third-order valence-corrected chi connectivity index (χ3v) is 3.35. The summed E-state index contributed by atoms with van der Waals surface area (Å²) in [6.45, 7) is 6.76. The lowest BCUT2D eigenvalue weighted by atomic mass is 9.94. The zero-order valence-electron chi connectivity index (χ0n) is 10.7. The van der Waals surface area contributed by atoms with Crippen molar-refractivity contribution in [1.29, 1.82) is 0 Å². The summed E-state index contributed by atoms with van der Waals surface area (Å²) in [4.78, 5) is 16.0. The largest absolute Gasteiger partial charge is 0.330 e. The van der Waals surface area contributed by atoms with Gasteiger partial charge in [-0.25, -0.2) is 4.98 Å². The van der Waals surface area contributed by atoms with Crippen LogP contribution in [0.15, 0.2) is 5.38 Å². The summed E-state index contributed by atoms with van der Waals surface area (Å²) in [6, 6.07) is 0. The van der Waals surface area contributed by atoms with E-state index >= 15 is 0 Å². The first-order valence-electron chi connectivity index (χ1n) is 5.93. The molecule has 0 aliphatic rings. The Morgan fingerprint density at radius 3 is 2.76 bits per heavy atom. The molecule has 1 aromatic rings. The highest BCUT2D eigenvalue weighted by molar-refractivity contribution is 7.13. The standard InChI is InChI=1S/C12H21N3OS/c1-8(2)4-10(6-13)5-11(16)15-12-14-9(3)7-17-12/h7-8,10H,4-6,13H2,1-3H3,(H,14,15,16)/t10-/m0/s1. The minimum absolute atomic E-state index is 0.00968. The number of thiazole rings is 1. The summed E-state index contributed by atoms with van der Waals surface area (Å²) >= 11 is 1.45. The van der Waals surface area contributed by atoms with Gasteiger partial charge in [0.2, 0.25) is 5.91 Å². The quantitative estimate of drug-likeness (QED) is 0.820. The number of carbonyl (C=O) groups is 1. The predicted molar refractivity (Wildman–Crippen MR) is 72.1 cm³/mol. The number of hydrogen-bond acceptors (Lipinski definition) is 4. The van der Waals surface area contributed by atoms with Gasteiger partial charge in [-0.1, -0.05) is 13.8 Å². The van der Waals surface area contributed by atoms with E-state index in [2.05, 4.69) is 24.1 Å². The summed E-state index contributed by atoms with van der Waals surface area (Å²) in [7, 11) is 0. The number of aryl methyl sites for hydroxylation is 1. The van der Waals surface area contributed by atoms with Crippen LogP contribution in [0.3, 0.4) is 0 Å². The van der Waals surface area contributed by atoms with Crippen LogP contribution >= 0.6 is 11.3 Å². The molecule has 4 nitrogen and oxygen atoms in total. The first-order chi connectivity index (χ1) is 8.01. The van der Waals surface area contributed by atoms with E-state index in [-0.39, 0.29) is 11.8 Å². The average Bonchev–Trinajstić information content (AvgIpc) is 2.62. The molecule has 0 spiro atoms. The SMILES string of the molecule is Cc1csc(NC(=O)C[C@@H](CN)CC(C)C)n1.